The summed E-state index contributed by atoms with van der Waals surface area (Å²) in [6, 6.07) is 11.7. The molecular weight excluding hydrogens is 292 g/mol. The second-order valence-electron chi connectivity index (χ2n) is 5.58. The van der Waals surface area contributed by atoms with Crippen LogP contribution >= 0.6 is 0 Å². The lowest BCUT2D eigenvalue weighted by Gasteiger charge is -2.32. The van der Waals surface area contributed by atoms with Crippen LogP contribution in [-0.4, -0.2) is 52.9 Å². The summed E-state index contributed by atoms with van der Waals surface area (Å²) in [4.78, 5) is 14.1. The lowest BCUT2D eigenvalue weighted by atomic mass is 10.2. The molecule has 0 spiro atoms. The van der Waals surface area contributed by atoms with Gasteiger partial charge in [0.05, 0.1) is 24.9 Å². The van der Waals surface area contributed by atoms with Gasteiger partial charge in [-0.25, -0.2) is 4.68 Å². The Hall–Kier alpha value is -2.34. The fourth-order valence-electron chi connectivity index (χ4n) is 2.61. The van der Waals surface area contributed by atoms with E-state index in [2.05, 4.69) is 17.3 Å². The van der Waals surface area contributed by atoms with Gasteiger partial charge in [0.25, 0.3) is 0 Å². The molecule has 0 unspecified atom stereocenters. The molecule has 1 atom stereocenters. The van der Waals surface area contributed by atoms with E-state index in [1.165, 1.54) is 0 Å². The molecule has 1 saturated heterocycles. The van der Waals surface area contributed by atoms with E-state index in [-0.39, 0.29) is 18.6 Å². The maximum atomic E-state index is 12.3. The molecule has 2 heterocycles. The van der Waals surface area contributed by atoms with Crippen molar-refractivity contribution in [1.29, 1.82) is 0 Å². The van der Waals surface area contributed by atoms with Gasteiger partial charge in [0.1, 0.15) is 5.82 Å². The Morgan fingerprint density at radius 1 is 1.35 bits per heavy atom. The van der Waals surface area contributed by atoms with Gasteiger partial charge in [-0.05, 0) is 18.6 Å². The van der Waals surface area contributed by atoms with E-state index in [1.807, 2.05) is 47.5 Å². The monoisotopic (exact) mass is 314 g/mol. The second kappa shape index (κ2) is 7.28. The molecule has 1 aliphatic rings. The van der Waals surface area contributed by atoms with Gasteiger partial charge in [-0.1, -0.05) is 25.1 Å². The molecule has 1 N–H and O–H groups in total. The van der Waals surface area contributed by atoms with Crippen molar-refractivity contribution in [3.8, 4) is 5.69 Å². The van der Waals surface area contributed by atoms with E-state index in [1.54, 1.807) is 4.68 Å². The van der Waals surface area contributed by atoms with Crippen molar-refractivity contribution in [2.45, 2.75) is 19.4 Å². The van der Waals surface area contributed by atoms with Gasteiger partial charge in [-0.15, -0.1) is 0 Å². The summed E-state index contributed by atoms with van der Waals surface area (Å²) in [6.45, 7) is 4.28. The molecule has 6 nitrogen and oxygen atoms in total. The van der Waals surface area contributed by atoms with Crippen molar-refractivity contribution < 1.29 is 9.53 Å². The summed E-state index contributed by atoms with van der Waals surface area (Å²) in [5, 5.41) is 7.54. The molecule has 1 amide bonds. The number of amides is 1. The normalized spacial score (nSPS) is 18.0. The summed E-state index contributed by atoms with van der Waals surface area (Å²) in [5.74, 6) is 0.781. The number of morpholine rings is 1. The van der Waals surface area contributed by atoms with E-state index >= 15 is 0 Å². The molecule has 3 rings (SSSR count). The van der Waals surface area contributed by atoms with Crippen molar-refractivity contribution in [3.63, 3.8) is 0 Å². The molecule has 23 heavy (non-hydrogen) atoms. The molecule has 0 saturated carbocycles. The fourth-order valence-corrected chi connectivity index (χ4v) is 2.61. The maximum absolute atomic E-state index is 12.3. The quantitative estimate of drug-likeness (QED) is 0.916. The number of benzene rings is 1. The third kappa shape index (κ3) is 3.90. The number of ether oxygens (including phenoxy) is 1. The van der Waals surface area contributed by atoms with Crippen LogP contribution in [0, 0.1) is 0 Å². The number of rotatable bonds is 5. The molecule has 1 fully saturated rings. The highest BCUT2D eigenvalue weighted by Crippen LogP contribution is 2.11. The van der Waals surface area contributed by atoms with Crippen LogP contribution in [-0.2, 0) is 9.53 Å². The SMILES string of the molecule is CC[C@H]1CN(C(=O)CNc2ccn(-c3ccccc3)n2)CCO1. The highest BCUT2D eigenvalue weighted by molar-refractivity contribution is 5.80. The third-order valence-corrected chi connectivity index (χ3v) is 3.98. The van der Waals surface area contributed by atoms with Gasteiger partial charge in [0, 0.05) is 25.4 Å². The van der Waals surface area contributed by atoms with Gasteiger partial charge in [-0.3, -0.25) is 4.79 Å². The molecule has 2 aromatic rings. The molecule has 0 aliphatic carbocycles. The molecule has 0 bridgehead atoms. The average molecular weight is 314 g/mol. The van der Waals surface area contributed by atoms with Crippen LogP contribution < -0.4 is 5.32 Å². The van der Waals surface area contributed by atoms with Crippen LogP contribution in [0.1, 0.15) is 13.3 Å². The Bertz CT molecular complexity index is 641. The van der Waals surface area contributed by atoms with Gasteiger partial charge in [-0.2, -0.15) is 5.10 Å². The Kier molecular flexibility index (Phi) is 4.92. The molecule has 0 radical (unpaired) electrons. The minimum atomic E-state index is 0.0843. The predicted octanol–water partition coefficient (Wildman–Crippen LogP) is 1.92. The zero-order chi connectivity index (χ0) is 16.1. The van der Waals surface area contributed by atoms with Crippen molar-refractivity contribution in [1.82, 2.24) is 14.7 Å². The molecule has 1 aromatic heterocycles. The predicted molar refractivity (Wildman–Crippen MR) is 88.7 cm³/mol. The van der Waals surface area contributed by atoms with Gasteiger partial charge < -0.3 is 15.0 Å². The standard InChI is InChI=1S/C17H22N4O2/c1-2-15-13-20(10-11-23-15)17(22)12-18-16-8-9-21(19-16)14-6-4-3-5-7-14/h3-9,15H,2,10-13H2,1H3,(H,18,19)/t15-/m0/s1. The highest BCUT2D eigenvalue weighted by Gasteiger charge is 2.22. The molecular formula is C17H22N4O2. The van der Waals surface area contributed by atoms with E-state index in [9.17, 15) is 4.79 Å². The number of nitrogens with one attached hydrogen (secondary N) is 1. The van der Waals surface area contributed by atoms with E-state index in [0.717, 1.165) is 12.1 Å². The molecule has 122 valence electrons. The first-order chi connectivity index (χ1) is 11.3. The van der Waals surface area contributed by atoms with E-state index in [4.69, 9.17) is 4.74 Å². The fraction of sp³-hybridized carbons (Fsp3) is 0.412. The smallest absolute Gasteiger partial charge is 0.242 e. The number of nitrogens with zero attached hydrogens (tertiary/aromatic N) is 3. The third-order valence-electron chi connectivity index (χ3n) is 3.98. The van der Waals surface area contributed by atoms with Gasteiger partial charge in [0.2, 0.25) is 5.91 Å². The van der Waals surface area contributed by atoms with Gasteiger partial charge in [0.15, 0.2) is 0 Å². The van der Waals surface area contributed by atoms with Crippen LogP contribution in [0.3, 0.4) is 0 Å². The minimum Gasteiger partial charge on any atom is -0.375 e. The summed E-state index contributed by atoms with van der Waals surface area (Å²) >= 11 is 0. The van der Waals surface area contributed by atoms with Gasteiger partial charge >= 0.3 is 0 Å². The van der Waals surface area contributed by atoms with Crippen LogP contribution in [0.4, 0.5) is 5.82 Å². The second-order valence-corrected chi connectivity index (χ2v) is 5.58. The Labute approximate surface area is 136 Å². The van der Waals surface area contributed by atoms with Crippen molar-refractivity contribution in [2.24, 2.45) is 0 Å². The van der Waals surface area contributed by atoms with E-state index < -0.39 is 0 Å². The number of carbonyl (C=O) groups excluding carboxylic acids is 1. The van der Waals surface area contributed by atoms with Crippen LogP contribution in [0.5, 0.6) is 0 Å². The maximum Gasteiger partial charge on any atom is 0.242 e. The topological polar surface area (TPSA) is 59.4 Å². The number of hydrogen-bond acceptors (Lipinski definition) is 4. The number of carbonyl (C=O) groups is 1. The van der Waals surface area contributed by atoms with Crippen LogP contribution in [0.2, 0.25) is 0 Å². The first-order valence-corrected chi connectivity index (χ1v) is 8.00. The van der Waals surface area contributed by atoms with Crippen molar-refractivity contribution in [3.05, 3.63) is 42.6 Å². The zero-order valence-electron chi connectivity index (χ0n) is 13.3. The summed E-state index contributed by atoms with van der Waals surface area (Å²) in [6.07, 6.45) is 2.97. The van der Waals surface area contributed by atoms with Crippen molar-refractivity contribution in [2.75, 3.05) is 31.6 Å². The minimum absolute atomic E-state index is 0.0843. The highest BCUT2D eigenvalue weighted by atomic mass is 16.5. The van der Waals surface area contributed by atoms with Crippen LogP contribution in [0.25, 0.3) is 5.69 Å². The summed E-state index contributed by atoms with van der Waals surface area (Å²) < 4.78 is 7.38. The van der Waals surface area contributed by atoms with Crippen molar-refractivity contribution >= 4 is 11.7 Å². The molecule has 1 aliphatic heterocycles. The Morgan fingerprint density at radius 2 is 2.17 bits per heavy atom. The van der Waals surface area contributed by atoms with E-state index in [0.29, 0.717) is 25.5 Å². The van der Waals surface area contributed by atoms with Crippen LogP contribution in [0.15, 0.2) is 42.6 Å². The molecule has 1 aromatic carbocycles. The number of para-hydroxylation sites is 1. The molecule has 6 heteroatoms. The summed E-state index contributed by atoms with van der Waals surface area (Å²) in [7, 11) is 0. The summed E-state index contributed by atoms with van der Waals surface area (Å²) in [5.41, 5.74) is 0.992. The largest absolute Gasteiger partial charge is 0.375 e. The first kappa shape index (κ1) is 15.6. The number of aromatic nitrogens is 2. The lowest BCUT2D eigenvalue weighted by Crippen LogP contribution is -2.47. The number of hydrogen-bond donors (Lipinski definition) is 1. The lowest BCUT2D eigenvalue weighted by molar-refractivity contribution is -0.136. The first-order valence-electron chi connectivity index (χ1n) is 8.00. The zero-order valence-corrected chi connectivity index (χ0v) is 13.3. The Balaban J connectivity index is 1.54. The average Bonchev–Trinajstić information content (AvgIpc) is 3.09. The number of anilines is 1. The Morgan fingerprint density at radius 3 is 2.96 bits per heavy atom.